The van der Waals surface area contributed by atoms with Gasteiger partial charge in [0.15, 0.2) is 5.25 Å². The molecule has 0 aliphatic heterocycles. The summed E-state index contributed by atoms with van der Waals surface area (Å²) >= 11 is 0. The first-order valence-electron chi connectivity index (χ1n) is 9.62. The zero-order valence-electron chi connectivity index (χ0n) is 17.6. The van der Waals surface area contributed by atoms with Crippen molar-refractivity contribution in [1.82, 2.24) is 0 Å². The van der Waals surface area contributed by atoms with Gasteiger partial charge in [0.1, 0.15) is 11.7 Å². The summed E-state index contributed by atoms with van der Waals surface area (Å²) in [5.41, 5.74) is 1.19. The normalized spacial score (nSPS) is 15.9. The van der Waals surface area contributed by atoms with Gasteiger partial charge in [0.25, 0.3) is 0 Å². The Labute approximate surface area is 175 Å². The molecule has 0 aliphatic rings. The summed E-state index contributed by atoms with van der Waals surface area (Å²) in [7, 11) is -1.80. The highest BCUT2D eigenvalue weighted by molar-refractivity contribution is 7.86. The van der Waals surface area contributed by atoms with Gasteiger partial charge in [-0.15, -0.1) is 0 Å². The molecule has 1 unspecified atom stereocenters. The monoisotopic (exact) mass is 418 g/mol. The smallest absolute Gasteiger partial charge is 0.325 e. The van der Waals surface area contributed by atoms with Gasteiger partial charge in [-0.3, -0.25) is 9.00 Å². The Bertz CT molecular complexity index is 811. The first-order chi connectivity index (χ1) is 13.6. The average molecular weight is 419 g/mol. The second-order valence-corrected chi connectivity index (χ2v) is 9.63. The first kappa shape index (κ1) is 23.3. The van der Waals surface area contributed by atoms with Gasteiger partial charge in [0.05, 0.1) is 23.5 Å². The van der Waals surface area contributed by atoms with Crippen molar-refractivity contribution in [3.63, 3.8) is 0 Å². The lowest BCUT2D eigenvalue weighted by Gasteiger charge is -2.29. The van der Waals surface area contributed by atoms with Crippen molar-refractivity contribution in [2.75, 3.05) is 0 Å². The van der Waals surface area contributed by atoms with E-state index < -0.39 is 39.8 Å². The number of esters is 1. The van der Waals surface area contributed by atoms with Gasteiger partial charge >= 0.3 is 5.97 Å². The summed E-state index contributed by atoms with van der Waals surface area (Å²) in [6.45, 7) is 9.07. The van der Waals surface area contributed by atoms with Crippen LogP contribution >= 0.6 is 0 Å². The Morgan fingerprint density at radius 3 is 2.21 bits per heavy atom. The van der Waals surface area contributed by atoms with Crippen LogP contribution in [0, 0.1) is 6.92 Å². The number of aliphatic hydroxyl groups is 1. The van der Waals surface area contributed by atoms with E-state index in [0.29, 0.717) is 4.90 Å². The van der Waals surface area contributed by atoms with Crippen molar-refractivity contribution < 1.29 is 23.6 Å². The topological polar surface area (TPSA) is 72.8 Å². The van der Waals surface area contributed by atoms with Gasteiger partial charge in [-0.2, -0.15) is 0 Å². The Morgan fingerprint density at radius 2 is 1.66 bits per heavy atom. The Kier molecular flexibility index (Phi) is 8.14. The molecule has 6 heteroatoms. The van der Waals surface area contributed by atoms with Crippen molar-refractivity contribution >= 4 is 16.8 Å². The van der Waals surface area contributed by atoms with Gasteiger partial charge in [-0.05, 0) is 52.3 Å². The van der Waals surface area contributed by atoms with Gasteiger partial charge < -0.3 is 14.6 Å². The number of ether oxygens (including phenoxy) is 2. The first-order valence-corrected chi connectivity index (χ1v) is 10.8. The Balaban J connectivity index is 2.21. The minimum atomic E-state index is -1.80. The number of hydrogen-bond donors (Lipinski definition) is 1. The van der Waals surface area contributed by atoms with Crippen LogP contribution in [0.5, 0.6) is 0 Å². The van der Waals surface area contributed by atoms with Crippen molar-refractivity contribution in [3.8, 4) is 0 Å². The highest BCUT2D eigenvalue weighted by Gasteiger charge is 2.40. The number of aliphatic hydroxyl groups excluding tert-OH is 1. The summed E-state index contributed by atoms with van der Waals surface area (Å²) in [5, 5.41) is 9.63. The van der Waals surface area contributed by atoms with Gasteiger partial charge in [0.2, 0.25) is 0 Å². The molecule has 158 valence electrons. The fourth-order valence-corrected chi connectivity index (χ4v) is 4.07. The largest absolute Gasteiger partial charge is 0.459 e. The van der Waals surface area contributed by atoms with Crippen LogP contribution in [-0.2, 0) is 31.7 Å². The van der Waals surface area contributed by atoms with E-state index in [4.69, 9.17) is 9.47 Å². The minimum Gasteiger partial charge on any atom is -0.459 e. The molecule has 0 saturated carbocycles. The highest BCUT2D eigenvalue weighted by Crippen LogP contribution is 2.22. The lowest BCUT2D eigenvalue weighted by atomic mass is 10.1. The number of benzene rings is 2. The fraction of sp³-hybridized carbons (Fsp3) is 0.435. The molecule has 1 N–H and O–H groups in total. The third-order valence-corrected chi connectivity index (χ3v) is 5.94. The van der Waals surface area contributed by atoms with Crippen molar-refractivity contribution in [3.05, 3.63) is 65.7 Å². The van der Waals surface area contributed by atoms with Crippen molar-refractivity contribution in [2.45, 2.75) is 69.2 Å². The van der Waals surface area contributed by atoms with E-state index in [1.807, 2.05) is 49.4 Å². The number of aryl methyl sites for hydroxylation is 1. The molecular weight excluding hydrogens is 388 g/mol. The number of rotatable bonds is 8. The summed E-state index contributed by atoms with van der Waals surface area (Å²) < 4.78 is 24.4. The SMILES string of the molecule is Cc1ccc(S(=O)[C@@H](C(=O)OC(C)(C)C)[C@H](O)[C@H](C)OCc2ccccc2)cc1. The van der Waals surface area contributed by atoms with Crippen molar-refractivity contribution in [2.24, 2.45) is 0 Å². The van der Waals surface area contributed by atoms with Gasteiger partial charge in [0, 0.05) is 4.90 Å². The van der Waals surface area contributed by atoms with Crippen LogP contribution in [-0.4, -0.2) is 38.3 Å². The van der Waals surface area contributed by atoms with Crippen LogP contribution in [0.15, 0.2) is 59.5 Å². The van der Waals surface area contributed by atoms with Crippen LogP contribution in [0.25, 0.3) is 0 Å². The third-order valence-electron chi connectivity index (χ3n) is 4.27. The van der Waals surface area contributed by atoms with E-state index in [0.717, 1.165) is 11.1 Å². The lowest BCUT2D eigenvalue weighted by Crippen LogP contribution is -2.47. The predicted molar refractivity (Wildman–Crippen MR) is 114 cm³/mol. The molecule has 29 heavy (non-hydrogen) atoms. The maximum Gasteiger partial charge on any atom is 0.325 e. The zero-order chi connectivity index (χ0) is 21.6. The molecule has 0 fully saturated rings. The third kappa shape index (κ3) is 7.07. The predicted octanol–water partition coefficient (Wildman–Crippen LogP) is 3.78. The van der Waals surface area contributed by atoms with E-state index in [2.05, 4.69) is 0 Å². The average Bonchev–Trinajstić information content (AvgIpc) is 2.66. The molecule has 2 rings (SSSR count). The molecule has 0 radical (unpaired) electrons. The second-order valence-electron chi connectivity index (χ2n) is 8.06. The number of carbonyl (C=O) groups is 1. The summed E-state index contributed by atoms with van der Waals surface area (Å²) in [5.74, 6) is -0.709. The van der Waals surface area contributed by atoms with Crippen molar-refractivity contribution in [1.29, 1.82) is 0 Å². The highest BCUT2D eigenvalue weighted by atomic mass is 32.2. The van der Waals surface area contributed by atoms with E-state index in [9.17, 15) is 14.1 Å². The standard InChI is InChI=1S/C23H30O5S/c1-16-11-13-19(14-12-16)29(26)21(22(25)28-23(3,4)5)20(24)17(2)27-15-18-9-7-6-8-10-18/h6-14,17,20-21,24H,15H2,1-5H3/t17-,20+,21+,29?/m0/s1. The lowest BCUT2D eigenvalue weighted by molar-refractivity contribution is -0.158. The summed E-state index contributed by atoms with van der Waals surface area (Å²) in [6, 6.07) is 16.6. The van der Waals surface area contributed by atoms with Gasteiger partial charge in [-0.1, -0.05) is 48.0 Å². The molecule has 5 nitrogen and oxygen atoms in total. The van der Waals surface area contributed by atoms with E-state index in [-0.39, 0.29) is 6.61 Å². The van der Waals surface area contributed by atoms with E-state index in [1.165, 1.54) is 0 Å². The molecule has 0 aliphatic carbocycles. The fourth-order valence-electron chi connectivity index (χ4n) is 2.68. The molecule has 0 heterocycles. The molecule has 2 aromatic carbocycles. The molecule has 0 saturated heterocycles. The number of carbonyl (C=O) groups excluding carboxylic acids is 1. The van der Waals surface area contributed by atoms with Crippen LogP contribution < -0.4 is 0 Å². The Hall–Kier alpha value is -2.02. The van der Waals surface area contributed by atoms with Crippen LogP contribution in [0.4, 0.5) is 0 Å². The molecule has 0 aromatic heterocycles. The van der Waals surface area contributed by atoms with Gasteiger partial charge in [-0.25, -0.2) is 0 Å². The molecule has 0 amide bonds. The van der Waals surface area contributed by atoms with E-state index in [1.54, 1.807) is 39.8 Å². The molecular formula is C23H30O5S. The maximum absolute atomic E-state index is 13.2. The summed E-state index contributed by atoms with van der Waals surface area (Å²) in [6.07, 6.45) is -2.02. The molecule has 0 spiro atoms. The minimum absolute atomic E-state index is 0.275. The zero-order valence-corrected chi connectivity index (χ0v) is 18.4. The summed E-state index contributed by atoms with van der Waals surface area (Å²) in [4.78, 5) is 13.3. The number of hydrogen-bond acceptors (Lipinski definition) is 5. The van der Waals surface area contributed by atoms with E-state index >= 15 is 0 Å². The molecule has 0 bridgehead atoms. The van der Waals surface area contributed by atoms with Crippen LogP contribution in [0.2, 0.25) is 0 Å². The molecule has 2 aromatic rings. The Morgan fingerprint density at radius 1 is 1.07 bits per heavy atom. The maximum atomic E-state index is 13.2. The quantitative estimate of drug-likeness (QED) is 0.661. The van der Waals surface area contributed by atoms with Crippen LogP contribution in [0.1, 0.15) is 38.8 Å². The molecule has 4 atom stereocenters. The second kappa shape index (κ2) is 10.1. The van der Waals surface area contributed by atoms with Crippen LogP contribution in [0.3, 0.4) is 0 Å².